The van der Waals surface area contributed by atoms with Crippen LogP contribution >= 0.6 is 41.5 Å². The second-order valence-corrected chi connectivity index (χ2v) is 10.6. The Morgan fingerprint density at radius 1 is 1.37 bits per heavy atom. The van der Waals surface area contributed by atoms with Crippen LogP contribution in [0.1, 0.15) is 6.92 Å². The average molecular weight is 332 g/mol. The van der Waals surface area contributed by atoms with Crippen molar-refractivity contribution in [2.45, 2.75) is 13.0 Å². The van der Waals surface area contributed by atoms with Gasteiger partial charge < -0.3 is 15.2 Å². The highest BCUT2D eigenvalue weighted by Crippen LogP contribution is 2.66. The van der Waals surface area contributed by atoms with Gasteiger partial charge in [-0.2, -0.15) is 0 Å². The molecule has 1 aromatic rings. The summed E-state index contributed by atoms with van der Waals surface area (Å²) in [6, 6.07) is 9.92. The SMILES string of the molecule is C[C@H](CNC(=S)Nc1ccccc1)OP1SCCS1. The minimum absolute atomic E-state index is 0.180. The summed E-state index contributed by atoms with van der Waals surface area (Å²) in [4.78, 5) is 0. The Morgan fingerprint density at radius 3 is 2.74 bits per heavy atom. The lowest BCUT2D eigenvalue weighted by Gasteiger charge is -2.18. The monoisotopic (exact) mass is 332 g/mol. The lowest BCUT2D eigenvalue weighted by molar-refractivity contribution is 0.261. The molecule has 1 saturated heterocycles. The van der Waals surface area contributed by atoms with Gasteiger partial charge in [-0.25, -0.2) is 0 Å². The fourth-order valence-corrected chi connectivity index (χ4v) is 8.82. The van der Waals surface area contributed by atoms with Crippen molar-refractivity contribution in [3.63, 3.8) is 0 Å². The van der Waals surface area contributed by atoms with Crippen LogP contribution in [0.2, 0.25) is 0 Å². The largest absolute Gasteiger partial charge is 0.360 e. The van der Waals surface area contributed by atoms with E-state index in [1.54, 1.807) is 0 Å². The van der Waals surface area contributed by atoms with Crippen molar-refractivity contribution in [2.75, 3.05) is 23.4 Å². The molecule has 1 atom stereocenters. The molecule has 0 aliphatic carbocycles. The van der Waals surface area contributed by atoms with Gasteiger partial charge in [-0.15, -0.1) is 0 Å². The Kier molecular flexibility index (Phi) is 6.74. The number of para-hydroxylation sites is 1. The fraction of sp³-hybridized carbons (Fsp3) is 0.417. The molecule has 2 N–H and O–H groups in total. The molecule has 1 heterocycles. The number of hydrogen-bond donors (Lipinski definition) is 2. The molecular weight excluding hydrogens is 315 g/mol. The Balaban J connectivity index is 1.65. The molecule has 0 aromatic heterocycles. The molecule has 1 fully saturated rings. The standard InChI is InChI=1S/C12H17N2OPS3/c1-10(15-16-18-7-8-19-16)9-13-12(17)14-11-5-3-2-4-6-11/h2-6,10H,7-9H2,1H3,(H2,13,14,17)/t10-/m1/s1. The van der Waals surface area contributed by atoms with Crippen LogP contribution in [0.15, 0.2) is 30.3 Å². The third kappa shape index (κ3) is 5.88. The lowest BCUT2D eigenvalue weighted by atomic mass is 10.3. The number of benzene rings is 1. The van der Waals surface area contributed by atoms with Crippen LogP contribution in [0.3, 0.4) is 0 Å². The molecule has 7 heteroatoms. The van der Waals surface area contributed by atoms with Crippen molar-refractivity contribution in [3.8, 4) is 0 Å². The maximum absolute atomic E-state index is 5.95. The smallest absolute Gasteiger partial charge is 0.170 e. The number of anilines is 1. The van der Waals surface area contributed by atoms with Crippen LogP contribution in [0.25, 0.3) is 0 Å². The zero-order valence-electron chi connectivity index (χ0n) is 10.7. The topological polar surface area (TPSA) is 33.3 Å². The van der Waals surface area contributed by atoms with Gasteiger partial charge in [0, 0.05) is 23.7 Å². The minimum atomic E-state index is -0.334. The molecule has 2 rings (SSSR count). The molecule has 3 nitrogen and oxygen atoms in total. The third-order valence-corrected chi connectivity index (χ3v) is 9.33. The van der Waals surface area contributed by atoms with Gasteiger partial charge in [0.15, 0.2) is 11.7 Å². The van der Waals surface area contributed by atoms with E-state index >= 15 is 0 Å². The zero-order chi connectivity index (χ0) is 13.5. The van der Waals surface area contributed by atoms with Crippen molar-refractivity contribution in [2.24, 2.45) is 0 Å². The average Bonchev–Trinajstić information content (AvgIpc) is 2.90. The molecule has 0 unspecified atom stereocenters. The van der Waals surface area contributed by atoms with Gasteiger partial charge in [0.25, 0.3) is 0 Å². The second kappa shape index (κ2) is 8.32. The normalized spacial score (nSPS) is 17.1. The molecule has 1 aliphatic heterocycles. The lowest BCUT2D eigenvalue weighted by Crippen LogP contribution is -2.34. The first-order chi connectivity index (χ1) is 9.24. The van der Waals surface area contributed by atoms with E-state index in [2.05, 4.69) is 17.6 Å². The van der Waals surface area contributed by atoms with Crippen LogP contribution in [0, 0.1) is 0 Å². The Hall–Kier alpha value is -0.000000000000000222. The maximum Gasteiger partial charge on any atom is 0.170 e. The first kappa shape index (κ1) is 15.4. The summed E-state index contributed by atoms with van der Waals surface area (Å²) in [5, 5.41) is 6.98. The van der Waals surface area contributed by atoms with E-state index in [1.165, 1.54) is 11.5 Å². The van der Waals surface area contributed by atoms with Crippen LogP contribution in [0.4, 0.5) is 5.69 Å². The summed E-state index contributed by atoms with van der Waals surface area (Å²) < 4.78 is 5.95. The van der Waals surface area contributed by atoms with Crippen molar-refractivity contribution < 1.29 is 4.52 Å². The van der Waals surface area contributed by atoms with Gasteiger partial charge in [0.05, 0.1) is 6.10 Å². The number of thiocarbonyl (C=S) groups is 1. The van der Waals surface area contributed by atoms with Gasteiger partial charge in [-0.3, -0.25) is 0 Å². The molecule has 0 spiro atoms. The summed E-state index contributed by atoms with van der Waals surface area (Å²) in [5.41, 5.74) is 1.000. The molecule has 19 heavy (non-hydrogen) atoms. The Labute approximate surface area is 129 Å². The Morgan fingerprint density at radius 2 is 2.05 bits per heavy atom. The molecular formula is C12H17N2OPS3. The molecule has 0 bridgehead atoms. The second-order valence-electron chi connectivity index (χ2n) is 4.01. The summed E-state index contributed by atoms with van der Waals surface area (Å²) in [6.07, 6.45) is 0.180. The van der Waals surface area contributed by atoms with E-state index in [-0.39, 0.29) is 12.7 Å². The Bertz CT molecular complexity index is 401. The van der Waals surface area contributed by atoms with Crippen LogP contribution in [0.5, 0.6) is 0 Å². The minimum Gasteiger partial charge on any atom is -0.360 e. The van der Waals surface area contributed by atoms with Gasteiger partial charge >= 0.3 is 0 Å². The summed E-state index contributed by atoms with van der Waals surface area (Å²) in [7, 11) is 0. The highest BCUT2D eigenvalue weighted by atomic mass is 33.1. The van der Waals surface area contributed by atoms with E-state index < -0.39 is 0 Å². The van der Waals surface area contributed by atoms with Crippen LogP contribution in [-0.2, 0) is 4.52 Å². The highest BCUT2D eigenvalue weighted by molar-refractivity contribution is 8.88. The van der Waals surface area contributed by atoms with E-state index in [4.69, 9.17) is 16.7 Å². The van der Waals surface area contributed by atoms with Crippen LogP contribution in [-0.4, -0.2) is 29.3 Å². The molecule has 0 saturated carbocycles. The molecule has 1 aromatic carbocycles. The van der Waals surface area contributed by atoms with Crippen molar-refractivity contribution in [1.82, 2.24) is 5.32 Å². The number of rotatable bonds is 5. The summed E-state index contributed by atoms with van der Waals surface area (Å²) >= 11 is 9.13. The molecule has 0 amide bonds. The van der Waals surface area contributed by atoms with E-state index in [0.29, 0.717) is 5.11 Å². The maximum atomic E-state index is 5.95. The van der Waals surface area contributed by atoms with E-state index in [1.807, 2.05) is 53.1 Å². The summed E-state index contributed by atoms with van der Waals surface area (Å²) in [6.45, 7) is 2.48. The number of nitrogens with one attached hydrogen (secondary N) is 2. The van der Waals surface area contributed by atoms with Gasteiger partial charge in [-0.05, 0) is 31.3 Å². The molecule has 1 aliphatic rings. The first-order valence-electron chi connectivity index (χ1n) is 6.06. The predicted molar refractivity (Wildman–Crippen MR) is 93.0 cm³/mol. The van der Waals surface area contributed by atoms with E-state index in [0.717, 1.165) is 12.2 Å². The van der Waals surface area contributed by atoms with Gasteiger partial charge in [0.1, 0.15) is 0 Å². The van der Waals surface area contributed by atoms with Crippen molar-refractivity contribution >= 4 is 52.3 Å². The predicted octanol–water partition coefficient (Wildman–Crippen LogP) is 4.09. The zero-order valence-corrected chi connectivity index (χ0v) is 14.0. The van der Waals surface area contributed by atoms with Crippen molar-refractivity contribution in [3.05, 3.63) is 30.3 Å². The van der Waals surface area contributed by atoms with Gasteiger partial charge in [-0.1, -0.05) is 41.0 Å². The highest BCUT2D eigenvalue weighted by Gasteiger charge is 2.20. The van der Waals surface area contributed by atoms with E-state index in [9.17, 15) is 0 Å². The number of hydrogen-bond acceptors (Lipinski definition) is 4. The van der Waals surface area contributed by atoms with Gasteiger partial charge in [0.2, 0.25) is 0 Å². The third-order valence-electron chi connectivity index (χ3n) is 2.32. The quantitative estimate of drug-likeness (QED) is 0.624. The van der Waals surface area contributed by atoms with Crippen molar-refractivity contribution in [1.29, 1.82) is 0 Å². The molecule has 104 valence electrons. The first-order valence-corrected chi connectivity index (χ1v) is 10.9. The molecule has 0 radical (unpaired) electrons. The van der Waals surface area contributed by atoms with Crippen LogP contribution < -0.4 is 10.6 Å². The fourth-order valence-electron chi connectivity index (χ4n) is 1.44. The summed E-state index contributed by atoms with van der Waals surface area (Å²) in [5.74, 6) is 2.43.